The molecular formula is C19H24FNO3S. The lowest BCUT2D eigenvalue weighted by atomic mass is 10.1. The zero-order valence-electron chi connectivity index (χ0n) is 14.8. The molecule has 0 N–H and O–H groups in total. The SMILES string of the molecule is CC(c1ccc(S(C)(=O)=O)cc1)N(C)CCCOc1ccc(F)cc1. The highest BCUT2D eigenvalue weighted by atomic mass is 32.2. The van der Waals surface area contributed by atoms with Crippen LogP contribution < -0.4 is 4.74 Å². The monoisotopic (exact) mass is 365 g/mol. The van der Waals surface area contributed by atoms with Crippen molar-refractivity contribution < 1.29 is 17.5 Å². The summed E-state index contributed by atoms with van der Waals surface area (Å²) in [6.07, 6.45) is 2.04. The van der Waals surface area contributed by atoms with Crippen molar-refractivity contribution in [3.63, 3.8) is 0 Å². The normalized spacial score (nSPS) is 13.0. The molecule has 0 aliphatic heterocycles. The molecule has 0 bridgehead atoms. The first kappa shape index (κ1) is 19.4. The topological polar surface area (TPSA) is 46.6 Å². The molecule has 6 heteroatoms. The number of nitrogens with zero attached hydrogens (tertiary/aromatic N) is 1. The fourth-order valence-electron chi connectivity index (χ4n) is 2.48. The second kappa shape index (κ2) is 8.45. The maximum Gasteiger partial charge on any atom is 0.175 e. The van der Waals surface area contributed by atoms with Gasteiger partial charge in [-0.2, -0.15) is 0 Å². The third-order valence-electron chi connectivity index (χ3n) is 4.19. The van der Waals surface area contributed by atoms with E-state index >= 15 is 0 Å². The summed E-state index contributed by atoms with van der Waals surface area (Å²) in [5, 5.41) is 0. The van der Waals surface area contributed by atoms with Crippen LogP contribution in [0.1, 0.15) is 24.9 Å². The number of sulfone groups is 1. The molecule has 1 unspecified atom stereocenters. The van der Waals surface area contributed by atoms with Crippen molar-refractivity contribution in [2.24, 2.45) is 0 Å². The number of rotatable bonds is 8. The molecule has 0 radical (unpaired) electrons. The van der Waals surface area contributed by atoms with E-state index in [0.29, 0.717) is 17.3 Å². The maximum atomic E-state index is 12.8. The molecule has 0 saturated carbocycles. The highest BCUT2D eigenvalue weighted by molar-refractivity contribution is 7.90. The number of hydrogen-bond donors (Lipinski definition) is 0. The first-order valence-electron chi connectivity index (χ1n) is 8.16. The van der Waals surface area contributed by atoms with Gasteiger partial charge in [-0.3, -0.25) is 4.90 Å². The summed E-state index contributed by atoms with van der Waals surface area (Å²) >= 11 is 0. The Hall–Kier alpha value is -1.92. The molecule has 0 fully saturated rings. The Kier molecular flexibility index (Phi) is 6.56. The Morgan fingerprint density at radius 1 is 1.08 bits per heavy atom. The number of benzene rings is 2. The van der Waals surface area contributed by atoms with Gasteiger partial charge in [0, 0.05) is 18.8 Å². The minimum Gasteiger partial charge on any atom is -0.494 e. The van der Waals surface area contributed by atoms with Crippen LogP contribution >= 0.6 is 0 Å². The zero-order chi connectivity index (χ0) is 18.4. The highest BCUT2D eigenvalue weighted by Gasteiger charge is 2.13. The van der Waals surface area contributed by atoms with Gasteiger partial charge in [0.2, 0.25) is 0 Å². The Morgan fingerprint density at radius 2 is 1.68 bits per heavy atom. The quantitative estimate of drug-likeness (QED) is 0.670. The predicted octanol–water partition coefficient (Wildman–Crippen LogP) is 3.69. The third-order valence-corrected chi connectivity index (χ3v) is 5.32. The predicted molar refractivity (Wildman–Crippen MR) is 97.1 cm³/mol. The summed E-state index contributed by atoms with van der Waals surface area (Å²) in [7, 11) is -1.14. The molecule has 0 aromatic heterocycles. The van der Waals surface area contributed by atoms with E-state index in [9.17, 15) is 12.8 Å². The number of halogens is 1. The molecule has 0 aliphatic carbocycles. The van der Waals surface area contributed by atoms with Gasteiger partial charge >= 0.3 is 0 Å². The average molecular weight is 365 g/mol. The minimum atomic E-state index is -3.17. The van der Waals surface area contributed by atoms with Crippen LogP contribution in [-0.4, -0.2) is 39.8 Å². The molecule has 2 aromatic carbocycles. The summed E-state index contributed by atoms with van der Waals surface area (Å²) in [5.41, 5.74) is 1.06. The van der Waals surface area contributed by atoms with Crippen LogP contribution in [0.3, 0.4) is 0 Å². The van der Waals surface area contributed by atoms with Crippen molar-refractivity contribution in [1.29, 1.82) is 0 Å². The molecule has 0 saturated heterocycles. The van der Waals surface area contributed by atoms with Gasteiger partial charge in [-0.05, 0) is 62.4 Å². The highest BCUT2D eigenvalue weighted by Crippen LogP contribution is 2.21. The third kappa shape index (κ3) is 5.83. The van der Waals surface area contributed by atoms with Crippen LogP contribution in [0, 0.1) is 5.82 Å². The van der Waals surface area contributed by atoms with Gasteiger partial charge in [-0.1, -0.05) is 12.1 Å². The van der Waals surface area contributed by atoms with Crippen molar-refractivity contribution in [3.05, 3.63) is 59.9 Å². The fraction of sp³-hybridized carbons (Fsp3) is 0.368. The first-order chi connectivity index (χ1) is 11.8. The molecule has 2 rings (SSSR count). The number of ether oxygens (including phenoxy) is 1. The molecule has 0 amide bonds. The molecule has 1 atom stereocenters. The van der Waals surface area contributed by atoms with Gasteiger partial charge in [-0.15, -0.1) is 0 Å². The van der Waals surface area contributed by atoms with Gasteiger partial charge in [0.25, 0.3) is 0 Å². The Bertz CT molecular complexity index is 773. The summed E-state index contributed by atoms with van der Waals surface area (Å²) in [6.45, 7) is 3.46. The zero-order valence-corrected chi connectivity index (χ0v) is 15.6. The minimum absolute atomic E-state index is 0.166. The van der Waals surface area contributed by atoms with Crippen LogP contribution in [0.2, 0.25) is 0 Å². The fourth-order valence-corrected chi connectivity index (χ4v) is 3.11. The lowest BCUT2D eigenvalue weighted by molar-refractivity contribution is 0.226. The van der Waals surface area contributed by atoms with E-state index in [-0.39, 0.29) is 11.9 Å². The largest absolute Gasteiger partial charge is 0.494 e. The summed E-state index contributed by atoms with van der Waals surface area (Å²) in [6, 6.07) is 13.2. The first-order valence-corrected chi connectivity index (χ1v) is 10.0. The summed E-state index contributed by atoms with van der Waals surface area (Å²) < 4.78 is 41.4. The molecule has 25 heavy (non-hydrogen) atoms. The van der Waals surface area contributed by atoms with E-state index in [1.165, 1.54) is 18.4 Å². The van der Waals surface area contributed by atoms with Gasteiger partial charge in [0.1, 0.15) is 11.6 Å². The molecule has 4 nitrogen and oxygen atoms in total. The van der Waals surface area contributed by atoms with Crippen LogP contribution in [0.15, 0.2) is 53.4 Å². The summed E-state index contributed by atoms with van der Waals surface area (Å²) in [5.74, 6) is 0.385. The second-order valence-corrected chi connectivity index (χ2v) is 8.17. The second-order valence-electron chi connectivity index (χ2n) is 6.15. The van der Waals surface area contributed by atoms with Crippen molar-refractivity contribution >= 4 is 9.84 Å². The van der Waals surface area contributed by atoms with Gasteiger partial charge in [0.15, 0.2) is 9.84 Å². The Balaban J connectivity index is 1.81. The van der Waals surface area contributed by atoms with E-state index < -0.39 is 9.84 Å². The molecule has 0 heterocycles. The van der Waals surface area contributed by atoms with E-state index in [1.807, 2.05) is 19.2 Å². The van der Waals surface area contributed by atoms with E-state index in [2.05, 4.69) is 11.8 Å². The average Bonchev–Trinajstić information content (AvgIpc) is 2.58. The smallest absolute Gasteiger partial charge is 0.175 e. The maximum absolute atomic E-state index is 12.8. The molecular weight excluding hydrogens is 341 g/mol. The molecule has 0 spiro atoms. The lowest BCUT2D eigenvalue weighted by Gasteiger charge is -2.25. The van der Waals surface area contributed by atoms with Crippen LogP contribution in [-0.2, 0) is 9.84 Å². The van der Waals surface area contributed by atoms with Crippen molar-refractivity contribution in [1.82, 2.24) is 4.90 Å². The van der Waals surface area contributed by atoms with E-state index in [0.717, 1.165) is 18.5 Å². The van der Waals surface area contributed by atoms with E-state index in [4.69, 9.17) is 4.74 Å². The van der Waals surface area contributed by atoms with Crippen LogP contribution in [0.4, 0.5) is 4.39 Å². The molecule has 0 aliphatic rings. The van der Waals surface area contributed by atoms with Crippen molar-refractivity contribution in [3.8, 4) is 5.75 Å². The molecule has 136 valence electrons. The van der Waals surface area contributed by atoms with Crippen LogP contribution in [0.5, 0.6) is 5.75 Å². The van der Waals surface area contributed by atoms with Crippen molar-refractivity contribution in [2.45, 2.75) is 24.3 Å². The van der Waals surface area contributed by atoms with Gasteiger partial charge < -0.3 is 4.74 Å². The van der Waals surface area contributed by atoms with E-state index in [1.54, 1.807) is 24.3 Å². The lowest BCUT2D eigenvalue weighted by Crippen LogP contribution is -2.24. The Labute approximate surface area is 149 Å². The van der Waals surface area contributed by atoms with Gasteiger partial charge in [-0.25, -0.2) is 12.8 Å². The van der Waals surface area contributed by atoms with Gasteiger partial charge in [0.05, 0.1) is 11.5 Å². The standard InChI is InChI=1S/C19H24FNO3S/c1-15(16-5-11-19(12-6-16)25(3,22)23)21(2)13-4-14-24-18-9-7-17(20)8-10-18/h5-12,15H,4,13-14H2,1-3H3. The molecule has 2 aromatic rings. The van der Waals surface area contributed by atoms with Crippen LogP contribution in [0.25, 0.3) is 0 Å². The Morgan fingerprint density at radius 3 is 2.24 bits per heavy atom. The number of hydrogen-bond acceptors (Lipinski definition) is 4. The summed E-state index contributed by atoms with van der Waals surface area (Å²) in [4.78, 5) is 2.52. The van der Waals surface area contributed by atoms with Crippen molar-refractivity contribution in [2.75, 3.05) is 26.5 Å².